The number of benzene rings is 1. The molecule has 2 unspecified atom stereocenters. The molecule has 0 spiro atoms. The van der Waals surface area contributed by atoms with E-state index in [1.54, 1.807) is 0 Å². The second-order valence-corrected chi connectivity index (χ2v) is 6.73. The first-order valence-electron chi connectivity index (χ1n) is 7.51. The van der Waals surface area contributed by atoms with Crippen LogP contribution in [0.1, 0.15) is 38.2 Å². The van der Waals surface area contributed by atoms with Crippen molar-refractivity contribution in [2.45, 2.75) is 57.4 Å². The molecule has 1 saturated heterocycles. The average molecular weight is 340 g/mol. The van der Waals surface area contributed by atoms with Gasteiger partial charge in [-0.2, -0.15) is 0 Å². The zero-order valence-electron chi connectivity index (χ0n) is 11.9. The van der Waals surface area contributed by atoms with Gasteiger partial charge in [0.05, 0.1) is 16.7 Å². The molecule has 0 radical (unpaired) electrons. The highest BCUT2D eigenvalue weighted by molar-refractivity contribution is 9.10. The van der Waals surface area contributed by atoms with Crippen LogP contribution in [0.25, 0.3) is 0 Å². The topological polar surface area (TPSA) is 30.5 Å². The largest absolute Gasteiger partial charge is 0.490 e. The van der Waals surface area contributed by atoms with Gasteiger partial charge in [0.15, 0.2) is 0 Å². The summed E-state index contributed by atoms with van der Waals surface area (Å²) in [5.74, 6) is 0.906. The molecule has 0 bridgehead atoms. The van der Waals surface area contributed by atoms with Crippen LogP contribution >= 0.6 is 15.9 Å². The van der Waals surface area contributed by atoms with Crippen LogP contribution in [0.5, 0.6) is 5.75 Å². The summed E-state index contributed by atoms with van der Waals surface area (Å²) in [6.45, 7) is 3.70. The van der Waals surface area contributed by atoms with Crippen LogP contribution in [-0.4, -0.2) is 24.9 Å². The summed E-state index contributed by atoms with van der Waals surface area (Å²) in [5.41, 5.74) is 1.29. The van der Waals surface area contributed by atoms with Crippen molar-refractivity contribution in [3.63, 3.8) is 0 Å². The minimum absolute atomic E-state index is 0.244. The van der Waals surface area contributed by atoms with Gasteiger partial charge >= 0.3 is 0 Å². The van der Waals surface area contributed by atoms with Crippen molar-refractivity contribution in [1.29, 1.82) is 0 Å². The Labute approximate surface area is 129 Å². The van der Waals surface area contributed by atoms with Crippen LogP contribution in [0.4, 0.5) is 0 Å². The van der Waals surface area contributed by atoms with E-state index in [2.05, 4.69) is 40.3 Å². The lowest BCUT2D eigenvalue weighted by atomic mass is 10.2. The summed E-state index contributed by atoms with van der Waals surface area (Å²) in [4.78, 5) is 0. The van der Waals surface area contributed by atoms with Gasteiger partial charge in [0.1, 0.15) is 12.4 Å². The van der Waals surface area contributed by atoms with Crippen molar-refractivity contribution < 1.29 is 9.47 Å². The molecule has 1 heterocycles. The molecule has 0 amide bonds. The van der Waals surface area contributed by atoms with E-state index in [0.717, 1.165) is 35.7 Å². The summed E-state index contributed by atoms with van der Waals surface area (Å²) in [5, 5.41) is 3.52. The van der Waals surface area contributed by atoms with Crippen molar-refractivity contribution in [2.75, 3.05) is 6.61 Å². The second kappa shape index (κ2) is 6.46. The van der Waals surface area contributed by atoms with Gasteiger partial charge in [-0.15, -0.1) is 0 Å². The van der Waals surface area contributed by atoms with Gasteiger partial charge in [0, 0.05) is 12.6 Å². The first-order valence-corrected chi connectivity index (χ1v) is 8.30. The highest BCUT2D eigenvalue weighted by atomic mass is 79.9. The summed E-state index contributed by atoms with van der Waals surface area (Å²) in [6.07, 6.45) is 5.50. The van der Waals surface area contributed by atoms with E-state index in [9.17, 15) is 0 Å². The van der Waals surface area contributed by atoms with E-state index in [0.29, 0.717) is 12.7 Å². The van der Waals surface area contributed by atoms with Crippen molar-refractivity contribution in [3.8, 4) is 5.75 Å². The van der Waals surface area contributed by atoms with Gasteiger partial charge < -0.3 is 14.8 Å². The molecule has 110 valence electrons. The SMILES string of the molecule is CC1CCC(COc2ccc(CNC3CC3)cc2Br)O1. The fourth-order valence-corrected chi connectivity index (χ4v) is 3.05. The maximum Gasteiger partial charge on any atom is 0.133 e. The van der Waals surface area contributed by atoms with E-state index >= 15 is 0 Å². The van der Waals surface area contributed by atoms with Crippen LogP contribution in [0.2, 0.25) is 0 Å². The van der Waals surface area contributed by atoms with Crippen molar-refractivity contribution in [1.82, 2.24) is 5.32 Å². The summed E-state index contributed by atoms with van der Waals surface area (Å²) in [6, 6.07) is 7.06. The van der Waals surface area contributed by atoms with Crippen LogP contribution in [0.3, 0.4) is 0 Å². The molecule has 1 saturated carbocycles. The van der Waals surface area contributed by atoms with Crippen molar-refractivity contribution in [2.24, 2.45) is 0 Å². The van der Waals surface area contributed by atoms with Crippen LogP contribution in [0.15, 0.2) is 22.7 Å². The van der Waals surface area contributed by atoms with E-state index in [-0.39, 0.29) is 6.10 Å². The third-order valence-electron chi connectivity index (χ3n) is 3.91. The Morgan fingerprint density at radius 1 is 1.30 bits per heavy atom. The molecule has 0 aromatic heterocycles. The third kappa shape index (κ3) is 3.96. The predicted octanol–water partition coefficient (Wildman–Crippen LogP) is 3.65. The van der Waals surface area contributed by atoms with E-state index < -0.39 is 0 Å². The molecule has 2 fully saturated rings. The Hall–Kier alpha value is -0.580. The molecule has 1 aliphatic heterocycles. The molecule has 20 heavy (non-hydrogen) atoms. The molecule has 1 aliphatic carbocycles. The van der Waals surface area contributed by atoms with E-state index in [1.807, 2.05) is 6.07 Å². The van der Waals surface area contributed by atoms with E-state index in [4.69, 9.17) is 9.47 Å². The Morgan fingerprint density at radius 2 is 2.15 bits per heavy atom. The molecular weight excluding hydrogens is 318 g/mol. The Bertz CT molecular complexity index is 462. The number of ether oxygens (including phenoxy) is 2. The fraction of sp³-hybridized carbons (Fsp3) is 0.625. The number of hydrogen-bond acceptors (Lipinski definition) is 3. The number of rotatable bonds is 6. The minimum atomic E-state index is 0.244. The second-order valence-electron chi connectivity index (χ2n) is 5.88. The van der Waals surface area contributed by atoms with Crippen molar-refractivity contribution in [3.05, 3.63) is 28.2 Å². The molecule has 4 heteroatoms. The fourth-order valence-electron chi connectivity index (χ4n) is 2.51. The highest BCUT2D eigenvalue weighted by Crippen LogP contribution is 2.28. The molecule has 1 aromatic rings. The van der Waals surface area contributed by atoms with Crippen LogP contribution in [-0.2, 0) is 11.3 Å². The summed E-state index contributed by atoms with van der Waals surface area (Å²) in [7, 11) is 0. The lowest BCUT2D eigenvalue weighted by molar-refractivity contribution is 0.0263. The molecule has 2 atom stereocenters. The first kappa shape index (κ1) is 14.4. The van der Waals surface area contributed by atoms with Gasteiger partial charge in [-0.05, 0) is 66.2 Å². The normalized spacial score (nSPS) is 25.9. The Balaban J connectivity index is 1.50. The highest BCUT2D eigenvalue weighted by Gasteiger charge is 2.22. The Kier molecular flexibility index (Phi) is 4.64. The smallest absolute Gasteiger partial charge is 0.133 e. The number of nitrogens with one attached hydrogen (secondary N) is 1. The zero-order valence-corrected chi connectivity index (χ0v) is 13.5. The predicted molar refractivity (Wildman–Crippen MR) is 83.1 cm³/mol. The Morgan fingerprint density at radius 3 is 2.80 bits per heavy atom. The summed E-state index contributed by atoms with van der Waals surface area (Å²) >= 11 is 3.60. The molecular formula is C16H22BrNO2. The van der Waals surface area contributed by atoms with Gasteiger partial charge in [0.2, 0.25) is 0 Å². The average Bonchev–Trinajstić information content (AvgIpc) is 3.17. The zero-order chi connectivity index (χ0) is 13.9. The maximum atomic E-state index is 5.87. The molecule has 2 aliphatic rings. The number of halogens is 1. The number of hydrogen-bond donors (Lipinski definition) is 1. The van der Waals surface area contributed by atoms with E-state index in [1.165, 1.54) is 18.4 Å². The maximum absolute atomic E-state index is 5.87. The molecule has 3 rings (SSSR count). The summed E-state index contributed by atoms with van der Waals surface area (Å²) < 4.78 is 12.7. The van der Waals surface area contributed by atoms with Gasteiger partial charge in [0.25, 0.3) is 0 Å². The first-order chi connectivity index (χ1) is 9.70. The lowest BCUT2D eigenvalue weighted by Gasteiger charge is -2.14. The minimum Gasteiger partial charge on any atom is -0.490 e. The van der Waals surface area contributed by atoms with Crippen LogP contribution in [0, 0.1) is 0 Å². The van der Waals surface area contributed by atoms with Gasteiger partial charge in [-0.3, -0.25) is 0 Å². The van der Waals surface area contributed by atoms with Gasteiger partial charge in [-0.25, -0.2) is 0 Å². The van der Waals surface area contributed by atoms with Crippen LogP contribution < -0.4 is 10.1 Å². The van der Waals surface area contributed by atoms with Gasteiger partial charge in [-0.1, -0.05) is 6.07 Å². The third-order valence-corrected chi connectivity index (χ3v) is 4.53. The molecule has 1 N–H and O–H groups in total. The standard InChI is InChI=1S/C16H22BrNO2/c1-11-2-6-14(20-11)10-19-16-7-3-12(8-15(16)17)9-18-13-4-5-13/h3,7-8,11,13-14,18H,2,4-6,9-10H2,1H3. The molecule has 3 nitrogen and oxygen atoms in total. The lowest BCUT2D eigenvalue weighted by Crippen LogP contribution is -2.18. The van der Waals surface area contributed by atoms with Crippen molar-refractivity contribution >= 4 is 15.9 Å². The quantitative estimate of drug-likeness (QED) is 0.858. The monoisotopic (exact) mass is 339 g/mol. The molecule has 1 aromatic carbocycles.